The van der Waals surface area contributed by atoms with E-state index in [-0.39, 0.29) is 24.0 Å². The van der Waals surface area contributed by atoms with Crippen molar-refractivity contribution in [3.63, 3.8) is 0 Å². The van der Waals surface area contributed by atoms with Crippen LogP contribution in [-0.2, 0) is 4.79 Å². The predicted molar refractivity (Wildman–Crippen MR) is 126 cm³/mol. The fourth-order valence-electron chi connectivity index (χ4n) is 3.28. The van der Waals surface area contributed by atoms with Crippen LogP contribution >= 0.6 is 24.0 Å². The summed E-state index contributed by atoms with van der Waals surface area (Å²) in [6, 6.07) is 0. The summed E-state index contributed by atoms with van der Waals surface area (Å²) in [5.74, 6) is 1.22. The number of hydrogen-bond acceptors (Lipinski definition) is 3. The van der Waals surface area contributed by atoms with Crippen LogP contribution in [0, 0.1) is 0 Å². The van der Waals surface area contributed by atoms with E-state index in [0.717, 1.165) is 83.9 Å². The summed E-state index contributed by atoms with van der Waals surface area (Å²) in [6.45, 7) is 14.3. The highest BCUT2D eigenvalue weighted by molar-refractivity contribution is 14.0. The molecular formula is C20H42IN5O. The average molecular weight is 495 g/mol. The number of hydrogen-bond donors (Lipinski definition) is 2. The zero-order chi connectivity index (χ0) is 19.0. The van der Waals surface area contributed by atoms with E-state index >= 15 is 0 Å². The molecule has 6 nitrogen and oxygen atoms in total. The minimum Gasteiger partial charge on any atom is -0.357 e. The summed E-state index contributed by atoms with van der Waals surface area (Å²) >= 11 is 0. The van der Waals surface area contributed by atoms with E-state index in [1.54, 1.807) is 0 Å². The summed E-state index contributed by atoms with van der Waals surface area (Å²) < 4.78 is 0. The van der Waals surface area contributed by atoms with Crippen LogP contribution in [-0.4, -0.2) is 74.0 Å². The Morgan fingerprint density at radius 2 is 1.85 bits per heavy atom. The maximum absolute atomic E-state index is 12.0. The quantitative estimate of drug-likeness (QED) is 0.189. The Labute approximate surface area is 183 Å². The third-order valence-electron chi connectivity index (χ3n) is 4.96. The monoisotopic (exact) mass is 495 g/mol. The third-order valence-corrected chi connectivity index (χ3v) is 4.96. The van der Waals surface area contributed by atoms with E-state index in [0.29, 0.717) is 5.91 Å². The third kappa shape index (κ3) is 12.5. The minimum atomic E-state index is 0. The highest BCUT2D eigenvalue weighted by atomic mass is 127. The SMILES string of the molecule is CCNC(=NCCCN1CCCCCC1=O)NCCCCN(CC)CC.I. The lowest BCUT2D eigenvalue weighted by atomic mass is 10.2. The topological polar surface area (TPSA) is 60.0 Å². The van der Waals surface area contributed by atoms with E-state index in [9.17, 15) is 4.79 Å². The van der Waals surface area contributed by atoms with Crippen molar-refractivity contribution < 1.29 is 4.79 Å². The van der Waals surface area contributed by atoms with Crippen molar-refractivity contribution in [2.75, 3.05) is 52.4 Å². The van der Waals surface area contributed by atoms with Gasteiger partial charge in [0.25, 0.3) is 0 Å². The van der Waals surface area contributed by atoms with Crippen LogP contribution in [0.1, 0.15) is 65.7 Å². The number of nitrogens with zero attached hydrogens (tertiary/aromatic N) is 3. The highest BCUT2D eigenvalue weighted by Gasteiger charge is 2.15. The van der Waals surface area contributed by atoms with Crippen molar-refractivity contribution in [2.45, 2.75) is 65.7 Å². The molecule has 1 heterocycles. The first-order valence-corrected chi connectivity index (χ1v) is 10.7. The van der Waals surface area contributed by atoms with Crippen molar-refractivity contribution in [3.05, 3.63) is 0 Å². The van der Waals surface area contributed by atoms with Crippen molar-refractivity contribution in [3.8, 4) is 0 Å². The van der Waals surface area contributed by atoms with Gasteiger partial charge in [-0.05, 0) is 58.7 Å². The number of halogens is 1. The molecule has 0 aromatic carbocycles. The molecule has 0 bridgehead atoms. The second kappa shape index (κ2) is 17.5. The van der Waals surface area contributed by atoms with Gasteiger partial charge < -0.3 is 20.4 Å². The van der Waals surface area contributed by atoms with Gasteiger partial charge in [0.15, 0.2) is 5.96 Å². The van der Waals surface area contributed by atoms with Gasteiger partial charge in [-0.2, -0.15) is 0 Å². The zero-order valence-corrected chi connectivity index (χ0v) is 20.1. The summed E-state index contributed by atoms with van der Waals surface area (Å²) in [5, 5.41) is 6.74. The number of rotatable bonds is 12. The molecule has 1 aliphatic heterocycles. The smallest absolute Gasteiger partial charge is 0.222 e. The number of likely N-dealkylation sites (tertiary alicyclic amines) is 1. The molecule has 1 rings (SSSR count). The standard InChI is InChI=1S/C20H41N5O.HI/c1-4-21-20(22-14-9-11-16-24(5-2)6-3)23-15-12-18-25-17-10-7-8-13-19(25)26;/h4-18H2,1-3H3,(H2,21,22,23);1H. The van der Waals surface area contributed by atoms with Gasteiger partial charge in [0.1, 0.15) is 0 Å². The summed E-state index contributed by atoms with van der Waals surface area (Å²) in [6.07, 6.45) is 7.41. The van der Waals surface area contributed by atoms with Gasteiger partial charge in [0, 0.05) is 39.1 Å². The fourth-order valence-corrected chi connectivity index (χ4v) is 3.28. The van der Waals surface area contributed by atoms with Gasteiger partial charge in [-0.25, -0.2) is 0 Å². The molecule has 1 aliphatic rings. The van der Waals surface area contributed by atoms with Crippen LogP contribution in [0.4, 0.5) is 0 Å². The maximum Gasteiger partial charge on any atom is 0.222 e. The van der Waals surface area contributed by atoms with E-state index in [1.807, 2.05) is 4.90 Å². The average Bonchev–Trinajstić information content (AvgIpc) is 2.86. The van der Waals surface area contributed by atoms with Crippen molar-refractivity contribution >= 4 is 35.8 Å². The first kappa shape index (κ1) is 26.4. The fraction of sp³-hybridized carbons (Fsp3) is 0.900. The van der Waals surface area contributed by atoms with Crippen LogP contribution in [0.5, 0.6) is 0 Å². The first-order valence-electron chi connectivity index (χ1n) is 10.7. The Morgan fingerprint density at radius 3 is 2.56 bits per heavy atom. The number of unbranched alkanes of at least 4 members (excludes halogenated alkanes) is 1. The summed E-state index contributed by atoms with van der Waals surface area (Å²) in [7, 11) is 0. The van der Waals surface area contributed by atoms with Crippen molar-refractivity contribution in [2.24, 2.45) is 4.99 Å². The number of carbonyl (C=O) groups is 1. The van der Waals surface area contributed by atoms with Gasteiger partial charge in [-0.15, -0.1) is 24.0 Å². The van der Waals surface area contributed by atoms with E-state index in [1.165, 1.54) is 19.4 Å². The second-order valence-electron chi connectivity index (χ2n) is 6.97. The molecule has 0 unspecified atom stereocenters. The molecule has 27 heavy (non-hydrogen) atoms. The van der Waals surface area contributed by atoms with Gasteiger partial charge in [0.2, 0.25) is 5.91 Å². The largest absolute Gasteiger partial charge is 0.357 e. The van der Waals surface area contributed by atoms with Crippen molar-refractivity contribution in [1.29, 1.82) is 0 Å². The molecule has 7 heteroatoms. The molecule has 0 aromatic heterocycles. The predicted octanol–water partition coefficient (Wildman–Crippen LogP) is 3.07. The minimum absolute atomic E-state index is 0. The molecule has 0 atom stereocenters. The molecule has 1 saturated heterocycles. The Balaban J connectivity index is 0.00000676. The Bertz CT molecular complexity index is 402. The Kier molecular flexibility index (Phi) is 17.2. The molecule has 0 aromatic rings. The Morgan fingerprint density at radius 1 is 1.07 bits per heavy atom. The van der Waals surface area contributed by atoms with E-state index in [4.69, 9.17) is 0 Å². The molecular weight excluding hydrogens is 453 g/mol. The summed E-state index contributed by atoms with van der Waals surface area (Å²) in [5.41, 5.74) is 0. The highest BCUT2D eigenvalue weighted by Crippen LogP contribution is 2.11. The maximum atomic E-state index is 12.0. The normalized spacial score (nSPS) is 15.5. The van der Waals surface area contributed by atoms with Gasteiger partial charge in [-0.1, -0.05) is 20.3 Å². The number of carbonyl (C=O) groups excluding carboxylic acids is 1. The number of guanidine groups is 1. The van der Waals surface area contributed by atoms with Crippen LogP contribution < -0.4 is 10.6 Å². The molecule has 0 saturated carbocycles. The van der Waals surface area contributed by atoms with E-state index in [2.05, 4.69) is 41.3 Å². The molecule has 160 valence electrons. The lowest BCUT2D eigenvalue weighted by molar-refractivity contribution is -0.130. The van der Waals surface area contributed by atoms with Crippen LogP contribution in [0.15, 0.2) is 4.99 Å². The molecule has 1 amide bonds. The van der Waals surface area contributed by atoms with Crippen molar-refractivity contribution in [1.82, 2.24) is 20.4 Å². The summed E-state index contributed by atoms with van der Waals surface area (Å²) in [4.78, 5) is 21.1. The lowest BCUT2D eigenvalue weighted by Crippen LogP contribution is -2.38. The second-order valence-corrected chi connectivity index (χ2v) is 6.97. The zero-order valence-electron chi connectivity index (χ0n) is 17.8. The van der Waals surface area contributed by atoms with Crippen LogP contribution in [0.25, 0.3) is 0 Å². The van der Waals surface area contributed by atoms with Gasteiger partial charge in [0.05, 0.1) is 0 Å². The van der Waals surface area contributed by atoms with Crippen LogP contribution in [0.2, 0.25) is 0 Å². The van der Waals surface area contributed by atoms with Gasteiger partial charge >= 0.3 is 0 Å². The number of amides is 1. The molecule has 0 aliphatic carbocycles. The van der Waals surface area contributed by atoms with E-state index < -0.39 is 0 Å². The van der Waals surface area contributed by atoms with Gasteiger partial charge in [-0.3, -0.25) is 9.79 Å². The molecule has 0 spiro atoms. The first-order chi connectivity index (χ1) is 12.7. The molecule has 0 radical (unpaired) electrons. The number of aliphatic imine (C=N–C) groups is 1. The van der Waals surface area contributed by atoms with Crippen LogP contribution in [0.3, 0.4) is 0 Å². The molecule has 2 N–H and O–H groups in total. The number of nitrogens with one attached hydrogen (secondary N) is 2. The Hall–Kier alpha value is -0.570. The molecule has 1 fully saturated rings. The lowest BCUT2D eigenvalue weighted by Gasteiger charge is -2.20.